The van der Waals surface area contributed by atoms with Crippen LogP contribution in [0.15, 0.2) is 64.3 Å². The minimum absolute atomic E-state index is 0. The van der Waals surface area contributed by atoms with Gasteiger partial charge in [-0.25, -0.2) is 9.78 Å². The number of hydrogen-bond acceptors (Lipinski definition) is 7. The Labute approximate surface area is 305 Å². The number of likely N-dealkylation sites (tertiary alicyclic amines) is 1. The van der Waals surface area contributed by atoms with E-state index in [0.717, 1.165) is 71.3 Å². The Morgan fingerprint density at radius 2 is 1.80 bits per heavy atom. The summed E-state index contributed by atoms with van der Waals surface area (Å²) in [6, 6.07) is 19.4. The molecule has 2 aromatic carbocycles. The average Bonchev–Trinajstić information content (AvgIpc) is 3.84. The summed E-state index contributed by atoms with van der Waals surface area (Å²) in [6.07, 6.45) is 8.69. The first-order valence-corrected chi connectivity index (χ1v) is 16.8. The Hall–Kier alpha value is -4.28. The monoisotopic (exact) mass is 731 g/mol. The van der Waals surface area contributed by atoms with Crippen molar-refractivity contribution in [2.24, 2.45) is 14.1 Å². The van der Waals surface area contributed by atoms with Crippen LogP contribution in [0.2, 0.25) is 5.02 Å². The van der Waals surface area contributed by atoms with Crippen LogP contribution in [-0.2, 0) is 42.4 Å². The van der Waals surface area contributed by atoms with E-state index in [1.165, 1.54) is 28.9 Å². The van der Waals surface area contributed by atoms with Gasteiger partial charge in [0.15, 0.2) is 5.56 Å². The van der Waals surface area contributed by atoms with Crippen LogP contribution in [-0.4, -0.2) is 55.6 Å². The molecule has 1 aliphatic carbocycles. The zero-order valence-electron chi connectivity index (χ0n) is 28.3. The zero-order valence-corrected chi connectivity index (χ0v) is 30.3. The molecule has 5 heterocycles. The van der Waals surface area contributed by atoms with Gasteiger partial charge in [-0.05, 0) is 54.4 Å². The van der Waals surface area contributed by atoms with Crippen molar-refractivity contribution in [3.63, 3.8) is 0 Å². The van der Waals surface area contributed by atoms with Gasteiger partial charge in [0.05, 0.1) is 18.3 Å². The molecule has 3 aromatic heterocycles. The quantitative estimate of drug-likeness (QED) is 0.206. The smallest absolute Gasteiger partial charge is 0.481 e. The summed E-state index contributed by atoms with van der Waals surface area (Å²) < 4.78 is 8.30. The number of aryl methyl sites for hydroxylation is 3. The Morgan fingerprint density at radius 3 is 2.54 bits per heavy atom. The summed E-state index contributed by atoms with van der Waals surface area (Å²) in [5, 5.41) is 4.27. The zero-order chi connectivity index (χ0) is 34.4. The van der Waals surface area contributed by atoms with E-state index in [2.05, 4.69) is 46.5 Å². The summed E-state index contributed by atoms with van der Waals surface area (Å²) in [7, 11) is 4.74. The van der Waals surface area contributed by atoms with Crippen molar-refractivity contribution in [3.8, 4) is 28.3 Å². The standard InChI is InChI=1S/C29H29ClN3O2.C9H8N3O2.Mn/c1-18-6-3-4-7-20(18)21-8-5-9-22(27(21)30)23-16-19-10-11-24(26(19)28(31-23)35-2)33-15-14-29(17-33)13-12-25(34)32-29;1-11-7-3-4-10-5-6(7)8(13)12(2)9(11)14;/h3-5,7-9,16,24H,10-15,17H2,1-2H3,(H,32,34);3-4H,1-2H3;/q2*-1;+2. The van der Waals surface area contributed by atoms with E-state index in [1.54, 1.807) is 20.2 Å². The van der Waals surface area contributed by atoms with Crippen molar-refractivity contribution in [2.75, 3.05) is 20.2 Å². The predicted octanol–water partition coefficient (Wildman–Crippen LogP) is 4.96. The summed E-state index contributed by atoms with van der Waals surface area (Å²) in [5.41, 5.74) is 7.13. The molecule has 5 aromatic rings. The summed E-state index contributed by atoms with van der Waals surface area (Å²) >= 11 is 6.97. The minimum Gasteiger partial charge on any atom is -0.481 e. The first-order valence-electron chi connectivity index (χ1n) is 16.4. The van der Waals surface area contributed by atoms with Crippen molar-refractivity contribution in [2.45, 2.75) is 50.6 Å². The Morgan fingerprint density at radius 1 is 1.02 bits per heavy atom. The average molecular weight is 732 g/mol. The third kappa shape index (κ3) is 6.28. The summed E-state index contributed by atoms with van der Waals surface area (Å²) in [4.78, 5) is 46.2. The molecular formula is C38H37ClMnN6O4. The van der Waals surface area contributed by atoms with Crippen LogP contribution in [0.1, 0.15) is 48.4 Å². The topological polar surface area (TPSA) is 111 Å². The maximum absolute atomic E-state index is 11.9. The van der Waals surface area contributed by atoms with E-state index >= 15 is 0 Å². The van der Waals surface area contributed by atoms with Gasteiger partial charge in [0, 0.05) is 55.8 Å². The number of methoxy groups -OCH3 is 1. The Bertz CT molecular complexity index is 2240. The van der Waals surface area contributed by atoms with Crippen LogP contribution >= 0.6 is 11.6 Å². The van der Waals surface area contributed by atoms with Crippen LogP contribution in [0.3, 0.4) is 0 Å². The number of aromatic nitrogens is 4. The third-order valence-corrected chi connectivity index (χ3v) is 10.6. The number of benzene rings is 2. The molecular weight excluding hydrogens is 695 g/mol. The maximum Gasteiger partial charge on any atom is 2.00 e. The van der Waals surface area contributed by atoms with E-state index in [9.17, 15) is 14.4 Å². The number of carbonyl (C=O) groups is 1. The van der Waals surface area contributed by atoms with Crippen LogP contribution in [0.5, 0.6) is 5.88 Å². The molecule has 10 nitrogen and oxygen atoms in total. The predicted molar refractivity (Wildman–Crippen MR) is 189 cm³/mol. The van der Waals surface area contributed by atoms with E-state index in [-0.39, 0.29) is 45.8 Å². The number of hydrogen-bond donors (Lipinski definition) is 1. The van der Waals surface area contributed by atoms with Crippen molar-refractivity contribution >= 4 is 28.4 Å². The van der Waals surface area contributed by atoms with E-state index in [4.69, 9.17) is 21.3 Å². The molecule has 3 aliphatic rings. The molecule has 2 saturated heterocycles. The first kappa shape index (κ1) is 35.5. The van der Waals surface area contributed by atoms with Crippen molar-refractivity contribution < 1.29 is 26.6 Å². The number of halogens is 1. The van der Waals surface area contributed by atoms with Gasteiger partial charge in [0.2, 0.25) is 11.8 Å². The number of carbonyl (C=O) groups excluding carboxylic acids is 1. The van der Waals surface area contributed by atoms with Gasteiger partial charge in [0.1, 0.15) is 0 Å². The summed E-state index contributed by atoms with van der Waals surface area (Å²) in [5.74, 6) is 0.868. The number of rotatable bonds is 4. The number of pyridine rings is 2. The fraction of sp³-hybridized carbons (Fsp3) is 0.342. The molecule has 0 bridgehead atoms. The molecule has 2 fully saturated rings. The molecule has 0 saturated carbocycles. The fourth-order valence-corrected chi connectivity index (χ4v) is 7.94. The van der Waals surface area contributed by atoms with Crippen molar-refractivity contribution in [3.05, 3.63) is 110 Å². The second-order valence-corrected chi connectivity index (χ2v) is 13.5. The maximum atomic E-state index is 11.9. The van der Waals surface area contributed by atoms with Crippen LogP contribution in [0.25, 0.3) is 33.3 Å². The van der Waals surface area contributed by atoms with Crippen LogP contribution in [0, 0.1) is 19.2 Å². The minimum atomic E-state index is -0.365. The second-order valence-electron chi connectivity index (χ2n) is 13.1. The fourth-order valence-electron chi connectivity index (χ4n) is 7.61. The van der Waals surface area contributed by atoms with Gasteiger partial charge in [-0.2, -0.15) is 29.8 Å². The van der Waals surface area contributed by atoms with Crippen LogP contribution < -0.4 is 21.3 Å². The number of amides is 1. The van der Waals surface area contributed by atoms with Crippen LogP contribution in [0.4, 0.5) is 0 Å². The molecule has 1 radical (unpaired) electrons. The van der Waals surface area contributed by atoms with E-state index in [1.807, 2.05) is 30.3 Å². The SMILES string of the molecule is COc1nc(-c2cccc(-c3ccc[c-]c3C)c2Cl)cc2c1C(N1CCC3(CCC(=O)N3)C1)CC2.Cn1c(=O)c2[c-]nccc2n(C)c1=O.[Mn+2]. The van der Waals surface area contributed by atoms with E-state index < -0.39 is 0 Å². The van der Waals surface area contributed by atoms with Gasteiger partial charge in [-0.15, -0.1) is 11.6 Å². The van der Waals surface area contributed by atoms with Crippen molar-refractivity contribution in [1.29, 1.82) is 0 Å². The molecule has 2 atom stereocenters. The molecule has 257 valence electrons. The van der Waals surface area contributed by atoms with Gasteiger partial charge >= 0.3 is 22.8 Å². The first-order chi connectivity index (χ1) is 23.6. The normalized spacial score (nSPS) is 19.5. The summed E-state index contributed by atoms with van der Waals surface area (Å²) in [6.45, 7) is 3.93. The van der Waals surface area contributed by atoms with Gasteiger partial charge in [-0.1, -0.05) is 48.5 Å². The second kappa shape index (κ2) is 14.2. The molecule has 1 N–H and O–H groups in total. The van der Waals surface area contributed by atoms with Gasteiger partial charge < -0.3 is 29.0 Å². The molecule has 50 heavy (non-hydrogen) atoms. The third-order valence-electron chi connectivity index (χ3n) is 10.2. The largest absolute Gasteiger partial charge is 2.00 e. The number of fused-ring (bicyclic) bond motifs is 2. The molecule has 12 heteroatoms. The van der Waals surface area contributed by atoms with Gasteiger partial charge in [0.25, 0.3) is 0 Å². The molecule has 1 amide bonds. The van der Waals surface area contributed by atoms with Crippen molar-refractivity contribution in [1.82, 2.24) is 29.3 Å². The molecule has 2 aliphatic heterocycles. The Balaban J connectivity index is 0.000000242. The molecule has 2 unspecified atom stereocenters. The Kier molecular flexibility index (Phi) is 10.1. The molecule has 8 rings (SSSR count). The molecule has 1 spiro atoms. The van der Waals surface area contributed by atoms with E-state index in [0.29, 0.717) is 28.2 Å². The number of nitrogens with one attached hydrogen (secondary N) is 1. The number of nitrogens with zero attached hydrogens (tertiary/aromatic N) is 5. The number of ether oxygens (including phenoxy) is 1. The van der Waals surface area contributed by atoms with Gasteiger partial charge in [-0.3, -0.25) is 9.69 Å².